The van der Waals surface area contributed by atoms with E-state index in [9.17, 15) is 0 Å². The van der Waals surface area contributed by atoms with Crippen LogP contribution in [-0.4, -0.2) is 34.1 Å². The lowest BCUT2D eigenvalue weighted by molar-refractivity contribution is 1.07. The van der Waals surface area contributed by atoms with Crippen molar-refractivity contribution in [3.05, 3.63) is 370 Å². The van der Waals surface area contributed by atoms with Crippen LogP contribution in [0.15, 0.2) is 370 Å². The Balaban J connectivity index is 0.000000135. The molecule has 0 amide bonds. The molecule has 0 spiro atoms. The van der Waals surface area contributed by atoms with Gasteiger partial charge in [0.1, 0.15) is 0 Å². The molecule has 0 radical (unpaired) electrons. The molecule has 532 valence electrons. The van der Waals surface area contributed by atoms with E-state index >= 15 is 0 Å². The van der Waals surface area contributed by atoms with Gasteiger partial charge < -0.3 is 9.13 Å². The summed E-state index contributed by atoms with van der Waals surface area (Å²) >= 11 is 7.38. The molecule has 0 bridgehead atoms. The summed E-state index contributed by atoms with van der Waals surface area (Å²) in [6.07, 6.45) is 0. The zero-order valence-electron chi connectivity index (χ0n) is 61.0. The Labute approximate surface area is 670 Å². The highest BCUT2D eigenvalue weighted by Gasteiger charge is 2.26. The van der Waals surface area contributed by atoms with Gasteiger partial charge in [0.15, 0.2) is 23.3 Å². The van der Waals surface area contributed by atoms with Gasteiger partial charge in [0, 0.05) is 147 Å². The molecule has 0 saturated carbocycles. The highest BCUT2D eigenvalue weighted by Crippen LogP contribution is 2.50. The first-order valence-electron chi connectivity index (χ1n) is 38.2. The lowest BCUT2D eigenvalue weighted by atomic mass is 10.0. The van der Waals surface area contributed by atoms with E-state index in [-0.39, 0.29) is 0 Å². The van der Waals surface area contributed by atoms with Gasteiger partial charge in [0.2, 0.25) is 0 Å². The number of aromatic nitrogens is 7. The van der Waals surface area contributed by atoms with Crippen molar-refractivity contribution < 1.29 is 0 Å². The molecule has 0 atom stereocenters. The minimum absolute atomic E-state index is 0.649. The summed E-state index contributed by atoms with van der Waals surface area (Å²) in [7, 11) is 0. The van der Waals surface area contributed by atoms with E-state index in [2.05, 4.69) is 343 Å². The molecular weight excluding hydrogens is 1460 g/mol. The van der Waals surface area contributed by atoms with Gasteiger partial charge in [-0.05, 0) is 101 Å². The van der Waals surface area contributed by atoms with Gasteiger partial charge in [-0.1, -0.05) is 291 Å². The van der Waals surface area contributed by atoms with Crippen LogP contribution in [-0.2, 0) is 0 Å². The molecule has 11 heteroatoms. The van der Waals surface area contributed by atoms with E-state index in [1.54, 1.807) is 11.3 Å². The van der Waals surface area contributed by atoms with Gasteiger partial charge in [0.05, 0.1) is 33.5 Å². The number of thiophene rings is 4. The van der Waals surface area contributed by atoms with Gasteiger partial charge in [-0.3, -0.25) is 0 Å². The summed E-state index contributed by atoms with van der Waals surface area (Å²) in [5.41, 5.74) is 19.4. The van der Waals surface area contributed by atoms with Gasteiger partial charge >= 0.3 is 0 Å². The molecule has 0 saturated heterocycles. The molecule has 0 aliphatic heterocycles. The van der Waals surface area contributed by atoms with Crippen LogP contribution in [0.2, 0.25) is 0 Å². The standard InChI is InChI=1S/C52H31N3S2.C51H30N4S2/c1-4-14-32(15-5-1)35-24-25-40-46(28-35)55(45-27-26-39-37-20-10-12-22-47(37)57-51(39)49(40)45)36-29-41-38-21-11-13-23-48(38)56-50(41)42(30-36)52-53-43(33-16-6-2-7-17-33)31-44(54-52)34-18-8-3-9-19-34;1-4-14-31(15-5-1)34-24-25-39-43(28-34)55(42-27-26-38-36-20-10-12-22-44(36)57-48(38)46(39)42)35-29-40-37-21-11-13-23-45(37)56-47(40)41(30-35)51-53-49(32-16-6-2-7-17-32)52-50(54-51)33-18-8-3-9-19-33/h1-31H;1-30H. The Morgan fingerprint density at radius 1 is 0.184 bits per heavy atom. The molecule has 0 aliphatic carbocycles. The van der Waals surface area contributed by atoms with E-state index < -0.39 is 0 Å². The zero-order chi connectivity index (χ0) is 74.9. The van der Waals surface area contributed by atoms with Crippen molar-refractivity contribution in [2.24, 2.45) is 0 Å². The molecule has 0 fully saturated rings. The molecular formula is C103H61N7S4. The zero-order valence-corrected chi connectivity index (χ0v) is 64.2. The van der Waals surface area contributed by atoms with Crippen molar-refractivity contribution in [1.29, 1.82) is 0 Å². The quantitative estimate of drug-likeness (QED) is 0.136. The molecule has 0 N–H and O–H groups in total. The van der Waals surface area contributed by atoms with Gasteiger partial charge in [-0.2, -0.15) is 0 Å². The number of benzene rings is 16. The fourth-order valence-electron chi connectivity index (χ4n) is 17.0. The third kappa shape index (κ3) is 11.0. The van der Waals surface area contributed by atoms with Gasteiger partial charge in [-0.25, -0.2) is 24.9 Å². The second-order valence-electron chi connectivity index (χ2n) is 28.9. The normalized spacial score (nSPS) is 11.9. The maximum absolute atomic E-state index is 5.37. The summed E-state index contributed by atoms with van der Waals surface area (Å²) in [5.74, 6) is 2.66. The lowest BCUT2D eigenvalue weighted by Crippen LogP contribution is -2.01. The highest BCUT2D eigenvalue weighted by atomic mass is 32.1. The SMILES string of the molecule is c1ccc(-c2ccc3c4c5sc6ccccc6c5ccc4n(-c4cc(-c5nc(-c6ccccc6)cc(-c6ccccc6)n5)c5sc6ccccc6c5c4)c3c2)cc1.c1ccc(-c2ccc3c4c5sc6ccccc6c5ccc4n(-c4cc(-c5nc(-c6ccccc6)nc(-c6ccccc6)n5)c5sc6ccccc6c5c4)c3c2)cc1. The molecule has 24 aromatic rings. The summed E-state index contributed by atoms with van der Waals surface area (Å²) in [6.45, 7) is 0. The predicted molar refractivity (Wildman–Crippen MR) is 486 cm³/mol. The summed E-state index contributed by atoms with van der Waals surface area (Å²) in [5, 5.41) is 15.1. The Kier molecular flexibility index (Phi) is 15.6. The monoisotopic (exact) mass is 1520 g/mol. The number of fused-ring (bicyclic) bond motifs is 20. The lowest BCUT2D eigenvalue weighted by Gasteiger charge is -2.14. The first-order valence-corrected chi connectivity index (χ1v) is 41.4. The van der Waals surface area contributed by atoms with Crippen molar-refractivity contribution in [2.75, 3.05) is 0 Å². The summed E-state index contributed by atoms with van der Waals surface area (Å²) in [4.78, 5) is 26.3. The second-order valence-corrected chi connectivity index (χ2v) is 33.1. The Morgan fingerprint density at radius 3 is 0.877 bits per heavy atom. The summed E-state index contributed by atoms with van der Waals surface area (Å²) in [6, 6.07) is 132. The minimum Gasteiger partial charge on any atom is -0.309 e. The first-order chi connectivity index (χ1) is 56.5. The van der Waals surface area contributed by atoms with Gasteiger partial charge in [0.25, 0.3) is 0 Å². The van der Waals surface area contributed by atoms with Crippen LogP contribution in [0.3, 0.4) is 0 Å². The van der Waals surface area contributed by atoms with Crippen molar-refractivity contribution in [3.8, 4) is 102 Å². The fraction of sp³-hybridized carbons (Fsp3) is 0. The highest BCUT2D eigenvalue weighted by molar-refractivity contribution is 7.28. The molecule has 8 aromatic heterocycles. The third-order valence-electron chi connectivity index (χ3n) is 22.3. The molecule has 16 aromatic carbocycles. The van der Waals surface area contributed by atoms with Crippen LogP contribution >= 0.6 is 45.3 Å². The van der Waals surface area contributed by atoms with Crippen molar-refractivity contribution in [3.63, 3.8) is 0 Å². The maximum Gasteiger partial charge on any atom is 0.165 e. The molecule has 114 heavy (non-hydrogen) atoms. The largest absolute Gasteiger partial charge is 0.309 e. The minimum atomic E-state index is 0.649. The number of nitrogens with zero attached hydrogens (tertiary/aromatic N) is 7. The molecule has 0 unspecified atom stereocenters. The van der Waals surface area contributed by atoms with Crippen LogP contribution in [0.1, 0.15) is 0 Å². The average molecular weight is 1520 g/mol. The van der Waals surface area contributed by atoms with E-state index in [1.165, 1.54) is 136 Å². The van der Waals surface area contributed by atoms with Crippen LogP contribution in [0.25, 0.3) is 226 Å². The predicted octanol–water partition coefficient (Wildman–Crippen LogP) is 29.4. The second kappa shape index (κ2) is 26.9. The van der Waals surface area contributed by atoms with Crippen LogP contribution in [0.5, 0.6) is 0 Å². The smallest absolute Gasteiger partial charge is 0.165 e. The molecule has 7 nitrogen and oxygen atoms in total. The fourth-order valence-corrected chi connectivity index (χ4v) is 21.9. The van der Waals surface area contributed by atoms with Crippen molar-refractivity contribution >= 4 is 170 Å². The summed E-state index contributed by atoms with van der Waals surface area (Å²) < 4.78 is 15.0. The van der Waals surface area contributed by atoms with E-state index in [4.69, 9.17) is 24.9 Å². The Morgan fingerprint density at radius 2 is 0.491 bits per heavy atom. The molecule has 0 aliphatic rings. The van der Waals surface area contributed by atoms with Gasteiger partial charge in [-0.15, -0.1) is 45.3 Å². The molecule has 24 rings (SSSR count). The third-order valence-corrected chi connectivity index (χ3v) is 27.1. The number of hydrogen-bond acceptors (Lipinski definition) is 9. The van der Waals surface area contributed by atoms with Crippen LogP contribution < -0.4 is 0 Å². The first kappa shape index (κ1) is 65.9. The Bertz CT molecular complexity index is 7380. The van der Waals surface area contributed by atoms with E-state index in [1.807, 2.05) is 70.4 Å². The molecule has 8 heterocycles. The van der Waals surface area contributed by atoms with Crippen molar-refractivity contribution in [2.45, 2.75) is 0 Å². The van der Waals surface area contributed by atoms with Crippen LogP contribution in [0.4, 0.5) is 0 Å². The maximum atomic E-state index is 5.37. The van der Waals surface area contributed by atoms with Crippen LogP contribution in [0, 0.1) is 0 Å². The van der Waals surface area contributed by atoms with E-state index in [0.29, 0.717) is 23.3 Å². The topological polar surface area (TPSA) is 74.3 Å². The van der Waals surface area contributed by atoms with E-state index in [0.717, 1.165) is 66.4 Å². The Hall–Kier alpha value is -13.9. The number of rotatable bonds is 10. The van der Waals surface area contributed by atoms with Crippen molar-refractivity contribution in [1.82, 2.24) is 34.1 Å². The average Bonchev–Trinajstić information content (AvgIpc) is 1.55. The number of hydrogen-bond donors (Lipinski definition) is 0.